The molecule has 1 aromatic carbocycles. The van der Waals surface area contributed by atoms with E-state index in [1.807, 2.05) is 12.1 Å². The smallest absolute Gasteiger partial charge is 0.241 e. The molecule has 1 aliphatic heterocycles. The minimum atomic E-state index is 0.512. The maximum Gasteiger partial charge on any atom is 0.241 e. The fraction of sp³-hybridized carbons (Fsp3) is 0.500. The number of hydrogen-bond donors (Lipinski definition) is 0. The molecule has 1 aliphatic rings. The molecule has 7 nitrogen and oxygen atoms in total. The van der Waals surface area contributed by atoms with E-state index < -0.39 is 0 Å². The van der Waals surface area contributed by atoms with E-state index >= 15 is 0 Å². The van der Waals surface area contributed by atoms with Crippen LogP contribution < -0.4 is 14.2 Å². The summed E-state index contributed by atoms with van der Waals surface area (Å²) < 4.78 is 21.4. The Hall–Kier alpha value is -2.28. The first-order valence-corrected chi connectivity index (χ1v) is 7.60. The van der Waals surface area contributed by atoms with Gasteiger partial charge in [-0.1, -0.05) is 5.16 Å². The molecule has 7 heteroatoms. The number of likely N-dealkylation sites (tertiary alicyclic amines) is 1. The molecule has 0 N–H and O–H groups in total. The molecule has 2 aromatic rings. The van der Waals surface area contributed by atoms with Crippen molar-refractivity contribution in [1.82, 2.24) is 15.0 Å². The van der Waals surface area contributed by atoms with Crippen molar-refractivity contribution in [3.8, 4) is 28.6 Å². The fourth-order valence-electron chi connectivity index (χ4n) is 2.78. The Morgan fingerprint density at radius 2 is 1.70 bits per heavy atom. The van der Waals surface area contributed by atoms with Gasteiger partial charge >= 0.3 is 0 Å². The van der Waals surface area contributed by atoms with Crippen LogP contribution in [0.5, 0.6) is 17.2 Å². The lowest BCUT2D eigenvalue weighted by atomic mass is 10.1. The van der Waals surface area contributed by atoms with E-state index in [4.69, 9.17) is 18.7 Å². The summed E-state index contributed by atoms with van der Waals surface area (Å²) in [5, 5.41) is 4.07. The van der Waals surface area contributed by atoms with Crippen molar-refractivity contribution in [3.63, 3.8) is 0 Å². The molecule has 3 rings (SSSR count). The summed E-state index contributed by atoms with van der Waals surface area (Å²) in [6.07, 6.45) is 2.46. The van der Waals surface area contributed by atoms with Crippen LogP contribution in [0.3, 0.4) is 0 Å². The lowest BCUT2D eigenvalue weighted by Gasteiger charge is -2.12. The maximum atomic E-state index is 5.37. The van der Waals surface area contributed by atoms with Gasteiger partial charge < -0.3 is 18.7 Å². The zero-order valence-electron chi connectivity index (χ0n) is 13.7. The molecule has 1 aromatic heterocycles. The highest BCUT2D eigenvalue weighted by Gasteiger charge is 2.19. The van der Waals surface area contributed by atoms with Crippen LogP contribution in [-0.4, -0.2) is 49.5 Å². The number of rotatable bonds is 6. The molecular weight excluding hydrogens is 298 g/mol. The summed E-state index contributed by atoms with van der Waals surface area (Å²) in [4.78, 5) is 6.79. The third kappa shape index (κ3) is 3.24. The molecule has 124 valence electrons. The third-order valence-electron chi connectivity index (χ3n) is 3.95. The average Bonchev–Trinajstić information content (AvgIpc) is 3.25. The van der Waals surface area contributed by atoms with Gasteiger partial charge in [0.1, 0.15) is 0 Å². The zero-order valence-corrected chi connectivity index (χ0v) is 13.7. The zero-order chi connectivity index (χ0) is 16.2. The first kappa shape index (κ1) is 15.6. The maximum absolute atomic E-state index is 5.37. The second-order valence-corrected chi connectivity index (χ2v) is 5.41. The average molecular weight is 319 g/mol. The standard InChI is InChI=1S/C16H21N3O4/c1-20-12-8-11(9-13(21-2)15(12)22-3)16-17-14(23-18-16)10-19-6-4-5-7-19/h8-9H,4-7,10H2,1-3H3. The number of methoxy groups -OCH3 is 3. The summed E-state index contributed by atoms with van der Waals surface area (Å²) in [5.74, 6) is 2.80. The molecule has 0 bridgehead atoms. The van der Waals surface area contributed by atoms with Crippen molar-refractivity contribution < 1.29 is 18.7 Å². The summed E-state index contributed by atoms with van der Waals surface area (Å²) in [6, 6.07) is 3.62. The van der Waals surface area contributed by atoms with E-state index in [-0.39, 0.29) is 0 Å². The molecule has 0 amide bonds. The summed E-state index contributed by atoms with van der Waals surface area (Å²) in [7, 11) is 4.73. The number of hydrogen-bond acceptors (Lipinski definition) is 7. The highest BCUT2D eigenvalue weighted by molar-refractivity contribution is 5.66. The van der Waals surface area contributed by atoms with E-state index in [0.29, 0.717) is 35.5 Å². The van der Waals surface area contributed by atoms with Crippen molar-refractivity contribution in [2.75, 3.05) is 34.4 Å². The molecule has 1 fully saturated rings. The Bertz CT molecular complexity index is 640. The summed E-state index contributed by atoms with van der Waals surface area (Å²) in [5.41, 5.74) is 0.760. The Kier molecular flexibility index (Phi) is 4.66. The monoisotopic (exact) mass is 319 g/mol. The van der Waals surface area contributed by atoms with Crippen molar-refractivity contribution >= 4 is 0 Å². The number of benzene rings is 1. The molecular formula is C16H21N3O4. The van der Waals surface area contributed by atoms with Crippen LogP contribution in [0.2, 0.25) is 0 Å². The minimum absolute atomic E-state index is 0.512. The molecule has 0 radical (unpaired) electrons. The molecule has 0 saturated carbocycles. The van der Waals surface area contributed by atoms with Crippen LogP contribution in [0, 0.1) is 0 Å². The number of nitrogens with zero attached hydrogens (tertiary/aromatic N) is 3. The predicted octanol–water partition coefficient (Wildman–Crippen LogP) is 2.36. The van der Waals surface area contributed by atoms with Gasteiger partial charge in [-0.3, -0.25) is 4.90 Å². The lowest BCUT2D eigenvalue weighted by Crippen LogP contribution is -2.18. The molecule has 0 spiro atoms. The van der Waals surface area contributed by atoms with E-state index in [1.165, 1.54) is 12.8 Å². The van der Waals surface area contributed by atoms with E-state index in [9.17, 15) is 0 Å². The first-order chi connectivity index (χ1) is 11.2. The van der Waals surface area contributed by atoms with Crippen LogP contribution in [0.25, 0.3) is 11.4 Å². The Morgan fingerprint density at radius 3 is 2.26 bits per heavy atom. The minimum Gasteiger partial charge on any atom is -0.493 e. The van der Waals surface area contributed by atoms with Gasteiger partial charge in [0.2, 0.25) is 17.5 Å². The van der Waals surface area contributed by atoms with Gasteiger partial charge in [-0.2, -0.15) is 4.98 Å². The second kappa shape index (κ2) is 6.87. The van der Waals surface area contributed by atoms with E-state index in [1.54, 1.807) is 21.3 Å². The van der Waals surface area contributed by atoms with Gasteiger partial charge in [0, 0.05) is 5.56 Å². The Balaban J connectivity index is 1.87. The van der Waals surface area contributed by atoms with Crippen LogP contribution in [0.1, 0.15) is 18.7 Å². The number of aromatic nitrogens is 2. The molecule has 0 aliphatic carbocycles. The normalized spacial score (nSPS) is 14.9. The Labute approximate surface area is 135 Å². The molecule has 23 heavy (non-hydrogen) atoms. The van der Waals surface area contributed by atoms with Crippen LogP contribution >= 0.6 is 0 Å². The summed E-state index contributed by atoms with van der Waals surface area (Å²) >= 11 is 0. The molecule has 0 unspecified atom stereocenters. The SMILES string of the molecule is COc1cc(-c2noc(CN3CCCC3)n2)cc(OC)c1OC. The molecule has 1 saturated heterocycles. The van der Waals surface area contributed by atoms with Gasteiger partial charge in [-0.25, -0.2) is 0 Å². The van der Waals surface area contributed by atoms with Crippen molar-refractivity contribution in [2.45, 2.75) is 19.4 Å². The van der Waals surface area contributed by atoms with Crippen molar-refractivity contribution in [3.05, 3.63) is 18.0 Å². The lowest BCUT2D eigenvalue weighted by molar-refractivity contribution is 0.268. The van der Waals surface area contributed by atoms with Crippen molar-refractivity contribution in [2.24, 2.45) is 0 Å². The third-order valence-corrected chi connectivity index (χ3v) is 3.95. The van der Waals surface area contributed by atoms with Crippen molar-refractivity contribution in [1.29, 1.82) is 0 Å². The van der Waals surface area contributed by atoms with Crippen LogP contribution in [-0.2, 0) is 6.54 Å². The van der Waals surface area contributed by atoms with E-state index in [0.717, 1.165) is 18.7 Å². The fourth-order valence-corrected chi connectivity index (χ4v) is 2.78. The van der Waals surface area contributed by atoms with E-state index in [2.05, 4.69) is 15.0 Å². The molecule has 0 atom stereocenters. The Morgan fingerprint density at radius 1 is 1.04 bits per heavy atom. The first-order valence-electron chi connectivity index (χ1n) is 7.60. The van der Waals surface area contributed by atoms with Gasteiger partial charge in [0.15, 0.2) is 11.5 Å². The van der Waals surface area contributed by atoms with Crippen LogP contribution in [0.15, 0.2) is 16.7 Å². The van der Waals surface area contributed by atoms with Gasteiger partial charge in [0.25, 0.3) is 0 Å². The highest BCUT2D eigenvalue weighted by Crippen LogP contribution is 2.40. The quantitative estimate of drug-likeness (QED) is 0.809. The largest absolute Gasteiger partial charge is 0.493 e. The van der Waals surface area contributed by atoms with Gasteiger partial charge in [-0.05, 0) is 38.1 Å². The topological polar surface area (TPSA) is 69.9 Å². The summed E-state index contributed by atoms with van der Waals surface area (Å²) in [6.45, 7) is 2.86. The van der Waals surface area contributed by atoms with Crippen LogP contribution in [0.4, 0.5) is 0 Å². The van der Waals surface area contributed by atoms with Gasteiger partial charge in [-0.15, -0.1) is 0 Å². The highest BCUT2D eigenvalue weighted by atomic mass is 16.5. The molecule has 2 heterocycles. The second-order valence-electron chi connectivity index (χ2n) is 5.41. The number of ether oxygens (including phenoxy) is 3. The van der Waals surface area contributed by atoms with Gasteiger partial charge in [0.05, 0.1) is 27.9 Å². The predicted molar refractivity (Wildman–Crippen MR) is 83.9 cm³/mol.